The molecule has 1 aromatic heterocycles. The Labute approximate surface area is 124 Å². The van der Waals surface area contributed by atoms with Crippen molar-refractivity contribution in [1.82, 2.24) is 9.88 Å². The molecule has 1 heterocycles. The van der Waals surface area contributed by atoms with Crippen molar-refractivity contribution < 1.29 is 27.9 Å². The predicted octanol–water partition coefficient (Wildman–Crippen LogP) is 2.58. The maximum absolute atomic E-state index is 12.7. The number of carbonyl (C=O) groups is 2. The summed E-state index contributed by atoms with van der Waals surface area (Å²) in [5.41, 5.74) is -0.662. The number of rotatable bonds is 5. The fourth-order valence-electron chi connectivity index (χ4n) is 2.26. The normalized spacial score (nSPS) is 15.2. The number of carboxylic acids is 1. The van der Waals surface area contributed by atoms with Gasteiger partial charge in [-0.1, -0.05) is 12.5 Å². The highest BCUT2D eigenvalue weighted by atomic mass is 19.4. The van der Waals surface area contributed by atoms with Gasteiger partial charge in [-0.2, -0.15) is 13.2 Å². The van der Waals surface area contributed by atoms with Crippen molar-refractivity contribution in [3.63, 3.8) is 0 Å². The van der Waals surface area contributed by atoms with Gasteiger partial charge in [-0.3, -0.25) is 4.79 Å². The lowest BCUT2D eigenvalue weighted by Crippen LogP contribution is -2.43. The average Bonchev–Trinajstić information content (AvgIpc) is 2.39. The molecule has 0 radical (unpaired) electrons. The molecule has 0 aromatic carbocycles. The number of hydrogen-bond donors (Lipinski definition) is 1. The second-order valence-corrected chi connectivity index (χ2v) is 5.31. The highest BCUT2D eigenvalue weighted by molar-refractivity contribution is 5.94. The zero-order chi connectivity index (χ0) is 16.3. The lowest BCUT2D eigenvalue weighted by molar-refractivity contribution is -0.142. The molecule has 1 amide bonds. The molecular formula is C14H15F3N2O3. The monoisotopic (exact) mass is 316 g/mol. The first-order valence-corrected chi connectivity index (χ1v) is 6.82. The molecule has 1 aromatic rings. The third kappa shape index (κ3) is 4.19. The van der Waals surface area contributed by atoms with Gasteiger partial charge in [-0.15, -0.1) is 0 Å². The van der Waals surface area contributed by atoms with Gasteiger partial charge in [-0.25, -0.2) is 9.78 Å². The summed E-state index contributed by atoms with van der Waals surface area (Å²) in [6.45, 7) is -1.35. The van der Waals surface area contributed by atoms with E-state index in [1.54, 1.807) is 0 Å². The van der Waals surface area contributed by atoms with Gasteiger partial charge in [-0.05, 0) is 30.9 Å². The van der Waals surface area contributed by atoms with Crippen molar-refractivity contribution in [2.75, 3.05) is 13.1 Å². The summed E-state index contributed by atoms with van der Waals surface area (Å²) in [6.07, 6.45) is -1.97. The van der Waals surface area contributed by atoms with Crippen molar-refractivity contribution in [2.24, 2.45) is 5.92 Å². The highest BCUT2D eigenvalue weighted by Crippen LogP contribution is 2.29. The van der Waals surface area contributed by atoms with E-state index in [2.05, 4.69) is 4.98 Å². The van der Waals surface area contributed by atoms with Crippen LogP contribution in [-0.2, 0) is 0 Å². The van der Waals surface area contributed by atoms with Gasteiger partial charge in [0.15, 0.2) is 0 Å². The summed E-state index contributed by atoms with van der Waals surface area (Å²) < 4.78 is 38.0. The lowest BCUT2D eigenvalue weighted by Gasteiger charge is -2.32. The Morgan fingerprint density at radius 1 is 1.27 bits per heavy atom. The molecule has 5 nitrogen and oxygen atoms in total. The average molecular weight is 316 g/mol. The minimum Gasteiger partial charge on any atom is -0.477 e. The second kappa shape index (κ2) is 6.33. The largest absolute Gasteiger partial charge is 0.477 e. The van der Waals surface area contributed by atoms with E-state index < -0.39 is 24.6 Å². The number of pyridine rings is 1. The zero-order valence-corrected chi connectivity index (χ0v) is 11.6. The Morgan fingerprint density at radius 2 is 1.91 bits per heavy atom. The van der Waals surface area contributed by atoms with Crippen molar-refractivity contribution in [3.05, 3.63) is 29.6 Å². The van der Waals surface area contributed by atoms with Crippen molar-refractivity contribution in [2.45, 2.75) is 25.4 Å². The first-order valence-electron chi connectivity index (χ1n) is 6.82. The smallest absolute Gasteiger partial charge is 0.406 e. The molecule has 22 heavy (non-hydrogen) atoms. The van der Waals surface area contributed by atoms with Gasteiger partial charge in [0.1, 0.15) is 17.9 Å². The molecule has 120 valence electrons. The highest BCUT2D eigenvalue weighted by Gasteiger charge is 2.35. The van der Waals surface area contributed by atoms with E-state index in [-0.39, 0.29) is 23.9 Å². The maximum Gasteiger partial charge on any atom is 0.406 e. The quantitative estimate of drug-likeness (QED) is 0.906. The number of alkyl halides is 3. The van der Waals surface area contributed by atoms with Gasteiger partial charge in [0.05, 0.1) is 0 Å². The zero-order valence-electron chi connectivity index (χ0n) is 11.6. The minimum absolute atomic E-state index is 0.0112. The molecule has 0 aliphatic heterocycles. The Morgan fingerprint density at radius 3 is 2.41 bits per heavy atom. The number of carboxylic acid groups (broad SMARTS) is 1. The topological polar surface area (TPSA) is 70.5 Å². The molecule has 1 aliphatic rings. The molecule has 0 spiro atoms. The summed E-state index contributed by atoms with van der Waals surface area (Å²) in [5, 5.41) is 8.84. The van der Waals surface area contributed by atoms with Gasteiger partial charge >= 0.3 is 12.1 Å². The van der Waals surface area contributed by atoms with Crippen LogP contribution in [-0.4, -0.2) is 46.1 Å². The summed E-state index contributed by atoms with van der Waals surface area (Å²) in [5.74, 6) is -2.17. The standard InChI is InChI=1S/C14H15F3N2O3/c15-14(16,17)8-19(7-9-3-1-4-9)12(20)10-5-2-6-11(18-10)13(21)22/h2,5-6,9H,1,3-4,7-8H2,(H,21,22). The fraction of sp³-hybridized carbons (Fsp3) is 0.500. The van der Waals surface area contributed by atoms with Crippen molar-refractivity contribution in [3.8, 4) is 0 Å². The van der Waals surface area contributed by atoms with Crippen LogP contribution in [0, 0.1) is 5.92 Å². The lowest BCUT2D eigenvalue weighted by atomic mass is 9.85. The van der Waals surface area contributed by atoms with Crippen LogP contribution < -0.4 is 0 Å². The Balaban J connectivity index is 2.19. The Kier molecular flexibility index (Phi) is 4.68. The summed E-state index contributed by atoms with van der Waals surface area (Å²) in [4.78, 5) is 27.4. The molecule has 1 N–H and O–H groups in total. The van der Waals surface area contributed by atoms with Crippen LogP contribution in [0.1, 0.15) is 40.2 Å². The summed E-state index contributed by atoms with van der Waals surface area (Å²) in [7, 11) is 0. The number of hydrogen-bond acceptors (Lipinski definition) is 3. The summed E-state index contributed by atoms with van der Waals surface area (Å²) in [6, 6.07) is 3.69. The van der Waals surface area contributed by atoms with Crippen LogP contribution in [0.3, 0.4) is 0 Å². The predicted molar refractivity (Wildman–Crippen MR) is 70.5 cm³/mol. The third-order valence-electron chi connectivity index (χ3n) is 3.55. The van der Waals surface area contributed by atoms with Crippen LogP contribution in [0.25, 0.3) is 0 Å². The van der Waals surface area contributed by atoms with E-state index >= 15 is 0 Å². The van der Waals surface area contributed by atoms with Crippen LogP contribution in [0.15, 0.2) is 18.2 Å². The molecule has 1 aliphatic carbocycles. The van der Waals surface area contributed by atoms with E-state index in [9.17, 15) is 22.8 Å². The Hall–Kier alpha value is -2.12. The van der Waals surface area contributed by atoms with Gasteiger partial charge in [0.25, 0.3) is 5.91 Å². The van der Waals surface area contributed by atoms with Crippen LogP contribution in [0.2, 0.25) is 0 Å². The van der Waals surface area contributed by atoms with Crippen LogP contribution >= 0.6 is 0 Å². The first-order chi connectivity index (χ1) is 10.3. The first kappa shape index (κ1) is 16.3. The number of carbonyl (C=O) groups excluding carboxylic acids is 1. The molecule has 1 fully saturated rings. The molecule has 0 bridgehead atoms. The molecule has 0 atom stereocenters. The number of nitrogens with zero attached hydrogens (tertiary/aromatic N) is 2. The maximum atomic E-state index is 12.7. The van der Waals surface area contributed by atoms with Crippen LogP contribution in [0.5, 0.6) is 0 Å². The van der Waals surface area contributed by atoms with E-state index in [1.165, 1.54) is 18.2 Å². The SMILES string of the molecule is O=C(O)c1cccc(C(=O)N(CC2CCC2)CC(F)(F)F)n1. The fourth-order valence-corrected chi connectivity index (χ4v) is 2.26. The number of amides is 1. The van der Waals surface area contributed by atoms with Crippen molar-refractivity contribution in [1.29, 1.82) is 0 Å². The van der Waals surface area contributed by atoms with Gasteiger partial charge in [0.2, 0.25) is 0 Å². The number of halogens is 3. The minimum atomic E-state index is -4.51. The van der Waals surface area contributed by atoms with E-state index in [0.29, 0.717) is 4.90 Å². The molecular weight excluding hydrogens is 301 g/mol. The summed E-state index contributed by atoms with van der Waals surface area (Å²) >= 11 is 0. The molecule has 0 saturated heterocycles. The molecule has 8 heteroatoms. The number of aromatic nitrogens is 1. The van der Waals surface area contributed by atoms with E-state index in [4.69, 9.17) is 5.11 Å². The second-order valence-electron chi connectivity index (χ2n) is 5.31. The Bertz CT molecular complexity index is 571. The number of aromatic carboxylic acids is 1. The van der Waals surface area contributed by atoms with E-state index in [1.807, 2.05) is 0 Å². The molecule has 1 saturated carbocycles. The third-order valence-corrected chi connectivity index (χ3v) is 3.55. The molecule has 0 unspecified atom stereocenters. The molecule has 2 rings (SSSR count). The van der Waals surface area contributed by atoms with Crippen LogP contribution in [0.4, 0.5) is 13.2 Å². The van der Waals surface area contributed by atoms with Gasteiger partial charge < -0.3 is 10.0 Å². The van der Waals surface area contributed by atoms with E-state index in [0.717, 1.165) is 19.3 Å². The van der Waals surface area contributed by atoms with Gasteiger partial charge in [0, 0.05) is 6.54 Å². The van der Waals surface area contributed by atoms with Crippen molar-refractivity contribution >= 4 is 11.9 Å².